The summed E-state index contributed by atoms with van der Waals surface area (Å²) in [5.41, 5.74) is 1.16. The third-order valence-electron chi connectivity index (χ3n) is 5.77. The van der Waals surface area contributed by atoms with Crippen LogP contribution in [0.3, 0.4) is 0 Å². The number of nitrogens with one attached hydrogen (secondary N) is 2. The van der Waals surface area contributed by atoms with Crippen LogP contribution in [0.25, 0.3) is 0 Å². The van der Waals surface area contributed by atoms with Crippen molar-refractivity contribution >= 4 is 40.3 Å². The average molecular weight is 524 g/mol. The summed E-state index contributed by atoms with van der Waals surface area (Å²) in [5, 5.41) is 6.82. The number of fused-ring (bicyclic) bond motifs is 1. The van der Waals surface area contributed by atoms with Gasteiger partial charge in [-0.2, -0.15) is 0 Å². The number of benzene rings is 1. The van der Waals surface area contributed by atoms with E-state index in [0.717, 1.165) is 16.2 Å². The SMILES string of the molecule is COC(=O)c1csc(NC(=O)C(Cc2cccnc2)N2C(=O)NC(c3ccc4c(c3)OCCO4)C2=O)n1. The van der Waals surface area contributed by atoms with E-state index in [1.165, 1.54) is 12.5 Å². The summed E-state index contributed by atoms with van der Waals surface area (Å²) in [6, 6.07) is 5.46. The van der Waals surface area contributed by atoms with E-state index in [4.69, 9.17) is 9.47 Å². The molecule has 4 amide bonds. The molecule has 12 nitrogen and oxygen atoms in total. The van der Waals surface area contributed by atoms with Gasteiger partial charge in [0.25, 0.3) is 5.91 Å². The molecule has 0 aliphatic carbocycles. The largest absolute Gasteiger partial charge is 0.486 e. The topological polar surface area (TPSA) is 149 Å². The van der Waals surface area contributed by atoms with E-state index >= 15 is 0 Å². The van der Waals surface area contributed by atoms with Gasteiger partial charge in [0.2, 0.25) is 5.91 Å². The van der Waals surface area contributed by atoms with Gasteiger partial charge in [-0.15, -0.1) is 11.3 Å². The fraction of sp³-hybridized carbons (Fsp3) is 0.250. The van der Waals surface area contributed by atoms with E-state index in [0.29, 0.717) is 35.8 Å². The van der Waals surface area contributed by atoms with Gasteiger partial charge in [-0.05, 0) is 29.3 Å². The fourth-order valence-electron chi connectivity index (χ4n) is 4.02. The standard InChI is InChI=1S/C24H21N5O7S/c1-34-22(32)15-12-37-23(26-15)28-20(30)16(9-13-3-2-6-25-11-13)29-21(31)19(27-24(29)33)14-4-5-17-18(10-14)36-8-7-35-17/h2-6,10-12,16,19H,7-9H2,1H3,(H,27,33)(H,26,28,30). The molecule has 2 unspecified atom stereocenters. The van der Waals surface area contributed by atoms with Gasteiger partial charge in [0, 0.05) is 24.2 Å². The Hall–Kier alpha value is -4.52. The van der Waals surface area contributed by atoms with Crippen molar-refractivity contribution in [2.45, 2.75) is 18.5 Å². The molecule has 0 radical (unpaired) electrons. The molecule has 190 valence electrons. The van der Waals surface area contributed by atoms with Gasteiger partial charge in [-0.3, -0.25) is 14.6 Å². The molecule has 0 bridgehead atoms. The van der Waals surface area contributed by atoms with Gasteiger partial charge in [0.15, 0.2) is 22.3 Å². The Morgan fingerprint density at radius 2 is 2.05 bits per heavy atom. The summed E-state index contributed by atoms with van der Waals surface area (Å²) < 4.78 is 15.8. The molecule has 1 saturated heterocycles. The zero-order valence-corrected chi connectivity index (χ0v) is 20.3. The highest BCUT2D eigenvalue weighted by atomic mass is 32.1. The van der Waals surface area contributed by atoms with E-state index in [1.807, 2.05) is 0 Å². The molecule has 1 aromatic carbocycles. The van der Waals surface area contributed by atoms with Crippen molar-refractivity contribution in [3.63, 3.8) is 0 Å². The number of nitrogens with zero attached hydrogens (tertiary/aromatic N) is 3. The summed E-state index contributed by atoms with van der Waals surface area (Å²) in [4.78, 5) is 60.7. The Kier molecular flexibility index (Phi) is 6.68. The minimum atomic E-state index is -1.22. The number of anilines is 1. The number of rotatable bonds is 7. The van der Waals surface area contributed by atoms with Crippen LogP contribution in [0, 0.1) is 0 Å². The van der Waals surface area contributed by atoms with Crippen molar-refractivity contribution in [1.82, 2.24) is 20.2 Å². The van der Waals surface area contributed by atoms with Crippen molar-refractivity contribution in [3.05, 3.63) is 64.9 Å². The number of thiazole rings is 1. The molecular weight excluding hydrogens is 502 g/mol. The molecule has 5 rings (SSSR count). The van der Waals surface area contributed by atoms with Crippen LogP contribution in [-0.2, 0) is 20.7 Å². The van der Waals surface area contributed by atoms with Crippen LogP contribution in [0.5, 0.6) is 11.5 Å². The van der Waals surface area contributed by atoms with Crippen LogP contribution in [0.15, 0.2) is 48.1 Å². The van der Waals surface area contributed by atoms with Crippen LogP contribution in [0.2, 0.25) is 0 Å². The highest BCUT2D eigenvalue weighted by molar-refractivity contribution is 7.14. The zero-order chi connectivity index (χ0) is 25.9. The Labute approximate surface area is 214 Å². The molecule has 0 saturated carbocycles. The van der Waals surface area contributed by atoms with E-state index in [2.05, 4.69) is 25.3 Å². The number of amides is 4. The predicted molar refractivity (Wildman–Crippen MR) is 129 cm³/mol. The molecule has 2 aliphatic rings. The second-order valence-electron chi connectivity index (χ2n) is 8.09. The minimum Gasteiger partial charge on any atom is -0.486 e. The molecule has 2 atom stereocenters. The van der Waals surface area contributed by atoms with Gasteiger partial charge in [0.1, 0.15) is 25.3 Å². The number of ether oxygens (including phenoxy) is 3. The summed E-state index contributed by atoms with van der Waals surface area (Å²) in [5.74, 6) is -0.882. The first kappa shape index (κ1) is 24.2. The van der Waals surface area contributed by atoms with Crippen molar-refractivity contribution in [2.24, 2.45) is 0 Å². The summed E-state index contributed by atoms with van der Waals surface area (Å²) in [7, 11) is 1.22. The van der Waals surface area contributed by atoms with E-state index in [9.17, 15) is 19.2 Å². The normalized spacial score (nSPS) is 17.2. The summed E-state index contributed by atoms with van der Waals surface area (Å²) in [6.07, 6.45) is 3.14. The molecule has 1 fully saturated rings. The van der Waals surface area contributed by atoms with Gasteiger partial charge in [-0.1, -0.05) is 12.1 Å². The summed E-state index contributed by atoms with van der Waals surface area (Å²) in [6.45, 7) is 0.792. The molecule has 2 aliphatic heterocycles. The number of methoxy groups -OCH3 is 1. The Balaban J connectivity index is 1.41. The maximum Gasteiger partial charge on any atom is 0.357 e. The number of hydrogen-bond donors (Lipinski definition) is 2. The highest BCUT2D eigenvalue weighted by Crippen LogP contribution is 2.35. The van der Waals surface area contributed by atoms with E-state index < -0.39 is 35.9 Å². The van der Waals surface area contributed by atoms with Crippen molar-refractivity contribution in [2.75, 3.05) is 25.6 Å². The molecular formula is C24H21N5O7S. The first-order valence-corrected chi connectivity index (χ1v) is 12.1. The van der Waals surface area contributed by atoms with Crippen LogP contribution < -0.4 is 20.1 Å². The molecule has 0 spiro atoms. The number of urea groups is 1. The lowest BCUT2D eigenvalue weighted by molar-refractivity contribution is -0.134. The maximum atomic E-state index is 13.5. The second kappa shape index (κ2) is 10.2. The van der Waals surface area contributed by atoms with Gasteiger partial charge < -0.3 is 24.8 Å². The Morgan fingerprint density at radius 1 is 1.24 bits per heavy atom. The molecule has 4 heterocycles. The first-order chi connectivity index (χ1) is 17.9. The lowest BCUT2D eigenvalue weighted by Gasteiger charge is -2.24. The molecule has 2 aromatic heterocycles. The number of carbonyl (C=O) groups excluding carboxylic acids is 4. The third kappa shape index (κ3) is 4.93. The average Bonchev–Trinajstić information content (AvgIpc) is 3.50. The Morgan fingerprint density at radius 3 is 2.81 bits per heavy atom. The van der Waals surface area contributed by atoms with Crippen LogP contribution in [0.4, 0.5) is 9.93 Å². The van der Waals surface area contributed by atoms with Gasteiger partial charge >= 0.3 is 12.0 Å². The monoisotopic (exact) mass is 523 g/mol. The van der Waals surface area contributed by atoms with Crippen LogP contribution in [-0.4, -0.2) is 65.0 Å². The zero-order valence-electron chi connectivity index (χ0n) is 19.5. The maximum absolute atomic E-state index is 13.5. The van der Waals surface area contributed by atoms with E-state index in [1.54, 1.807) is 42.7 Å². The molecule has 13 heteroatoms. The molecule has 37 heavy (non-hydrogen) atoms. The number of esters is 1. The number of aromatic nitrogens is 2. The third-order valence-corrected chi connectivity index (χ3v) is 6.52. The second-order valence-corrected chi connectivity index (χ2v) is 8.95. The molecule has 3 aromatic rings. The van der Waals surface area contributed by atoms with Crippen molar-refractivity contribution in [1.29, 1.82) is 0 Å². The number of pyridine rings is 1. The summed E-state index contributed by atoms with van der Waals surface area (Å²) >= 11 is 1.01. The smallest absolute Gasteiger partial charge is 0.357 e. The lowest BCUT2D eigenvalue weighted by Crippen LogP contribution is -2.49. The quantitative estimate of drug-likeness (QED) is 0.350. The number of carbonyl (C=O) groups is 4. The lowest BCUT2D eigenvalue weighted by atomic mass is 10.0. The van der Waals surface area contributed by atoms with Gasteiger partial charge in [0.05, 0.1) is 7.11 Å². The van der Waals surface area contributed by atoms with Crippen molar-refractivity contribution < 1.29 is 33.4 Å². The first-order valence-electron chi connectivity index (χ1n) is 11.2. The number of hydrogen-bond acceptors (Lipinski definition) is 10. The van der Waals surface area contributed by atoms with Crippen molar-refractivity contribution in [3.8, 4) is 11.5 Å². The van der Waals surface area contributed by atoms with Crippen LogP contribution in [0.1, 0.15) is 27.7 Å². The minimum absolute atomic E-state index is 0.0158. The highest BCUT2D eigenvalue weighted by Gasteiger charge is 2.45. The van der Waals surface area contributed by atoms with Gasteiger partial charge in [-0.25, -0.2) is 19.5 Å². The fourth-order valence-corrected chi connectivity index (χ4v) is 4.70. The van der Waals surface area contributed by atoms with E-state index in [-0.39, 0.29) is 17.2 Å². The molecule has 2 N–H and O–H groups in total. The van der Waals surface area contributed by atoms with Crippen LogP contribution >= 0.6 is 11.3 Å². The predicted octanol–water partition coefficient (Wildman–Crippen LogP) is 1.94. The Bertz CT molecular complexity index is 1360. The number of imide groups is 1.